The van der Waals surface area contributed by atoms with Crippen molar-refractivity contribution in [1.29, 1.82) is 0 Å². The fourth-order valence-corrected chi connectivity index (χ4v) is 1.94. The summed E-state index contributed by atoms with van der Waals surface area (Å²) in [6, 6.07) is 0. The predicted octanol–water partition coefficient (Wildman–Crippen LogP) is 2.00. The van der Waals surface area contributed by atoms with E-state index in [1.807, 2.05) is 6.92 Å². The van der Waals surface area contributed by atoms with Crippen LogP contribution >= 0.6 is 0 Å². The van der Waals surface area contributed by atoms with Gasteiger partial charge in [0.25, 0.3) is 0 Å². The van der Waals surface area contributed by atoms with Gasteiger partial charge in [-0.15, -0.1) is 0 Å². The molecule has 1 heterocycles. The van der Waals surface area contributed by atoms with Gasteiger partial charge < -0.3 is 4.74 Å². The van der Waals surface area contributed by atoms with E-state index in [0.29, 0.717) is 12.5 Å². The normalized spacial score (nSPS) is 17.8. The lowest BCUT2D eigenvalue weighted by molar-refractivity contribution is 0.128. The monoisotopic (exact) mass is 195 g/mol. The Morgan fingerprint density at radius 2 is 2.21 bits per heavy atom. The molecule has 0 unspecified atom stereocenters. The first kappa shape index (κ1) is 9.65. The highest BCUT2D eigenvalue weighted by Gasteiger charge is 2.20. The molecule has 0 spiro atoms. The summed E-state index contributed by atoms with van der Waals surface area (Å²) in [5, 5.41) is 7.17. The molecule has 4 heteroatoms. The maximum absolute atomic E-state index is 5.26. The van der Waals surface area contributed by atoms with Crippen LogP contribution in [0.2, 0.25) is 0 Å². The van der Waals surface area contributed by atoms with Crippen LogP contribution < -0.4 is 0 Å². The number of rotatable bonds is 4. The van der Waals surface area contributed by atoms with Crippen molar-refractivity contribution in [3.05, 3.63) is 11.6 Å². The van der Waals surface area contributed by atoms with Gasteiger partial charge in [0.05, 0.1) is 0 Å². The zero-order chi connectivity index (χ0) is 9.80. The fraction of sp³-hybridized carbons (Fsp3) is 0.800. The molecule has 4 nitrogen and oxygen atoms in total. The minimum absolute atomic E-state index is 0.552. The minimum Gasteiger partial charge on any atom is -0.374 e. The molecule has 0 aromatic carbocycles. The maximum atomic E-state index is 5.26. The topological polar surface area (TPSA) is 50.8 Å². The summed E-state index contributed by atoms with van der Waals surface area (Å²) in [4.78, 5) is 4.44. The molecule has 1 aromatic heterocycles. The summed E-state index contributed by atoms with van der Waals surface area (Å²) < 4.78 is 5.26. The van der Waals surface area contributed by atoms with Crippen molar-refractivity contribution < 1.29 is 4.74 Å². The van der Waals surface area contributed by atoms with Crippen LogP contribution in [0.4, 0.5) is 0 Å². The number of hydrogen-bond acceptors (Lipinski definition) is 3. The zero-order valence-electron chi connectivity index (χ0n) is 8.62. The predicted molar refractivity (Wildman–Crippen MR) is 52.9 cm³/mol. The van der Waals surface area contributed by atoms with Crippen molar-refractivity contribution >= 4 is 0 Å². The molecular weight excluding hydrogens is 178 g/mol. The first-order valence-electron chi connectivity index (χ1n) is 5.39. The lowest BCUT2D eigenvalue weighted by Crippen LogP contribution is -1.96. The Morgan fingerprint density at radius 3 is 2.93 bits per heavy atom. The Bertz CT molecular complexity index is 279. The molecule has 1 aromatic rings. The number of nitrogens with zero attached hydrogens (tertiary/aromatic N) is 2. The molecule has 14 heavy (non-hydrogen) atoms. The second-order valence-corrected chi connectivity index (χ2v) is 3.76. The summed E-state index contributed by atoms with van der Waals surface area (Å²) in [6.07, 6.45) is 5.12. The highest BCUT2D eigenvalue weighted by Crippen LogP contribution is 2.31. The van der Waals surface area contributed by atoms with E-state index in [4.69, 9.17) is 4.74 Å². The lowest BCUT2D eigenvalue weighted by Gasteiger charge is -2.00. The number of hydrogen-bond donors (Lipinski definition) is 1. The molecule has 1 fully saturated rings. The van der Waals surface area contributed by atoms with Gasteiger partial charge >= 0.3 is 0 Å². The Morgan fingerprint density at radius 1 is 1.43 bits per heavy atom. The van der Waals surface area contributed by atoms with E-state index in [1.54, 1.807) is 0 Å². The van der Waals surface area contributed by atoms with E-state index >= 15 is 0 Å². The second-order valence-electron chi connectivity index (χ2n) is 3.76. The largest absolute Gasteiger partial charge is 0.374 e. The van der Waals surface area contributed by atoms with Gasteiger partial charge in [-0.05, 0) is 19.8 Å². The number of H-pyrrole nitrogens is 1. The van der Waals surface area contributed by atoms with Crippen LogP contribution in [0.5, 0.6) is 0 Å². The van der Waals surface area contributed by atoms with E-state index in [0.717, 1.165) is 18.3 Å². The fourth-order valence-electron chi connectivity index (χ4n) is 1.94. The molecule has 0 saturated heterocycles. The Kier molecular flexibility index (Phi) is 3.14. The Labute approximate surface area is 84.1 Å². The Hall–Kier alpha value is -0.900. The van der Waals surface area contributed by atoms with Gasteiger partial charge in [-0.2, -0.15) is 5.10 Å². The molecule has 78 valence electrons. The van der Waals surface area contributed by atoms with Crippen molar-refractivity contribution in [2.45, 2.75) is 45.1 Å². The Balaban J connectivity index is 1.94. The first-order valence-corrected chi connectivity index (χ1v) is 5.39. The highest BCUT2D eigenvalue weighted by molar-refractivity contribution is 4.99. The van der Waals surface area contributed by atoms with Gasteiger partial charge in [-0.3, -0.25) is 5.10 Å². The third kappa shape index (κ3) is 2.12. The van der Waals surface area contributed by atoms with Crippen molar-refractivity contribution in [3.63, 3.8) is 0 Å². The van der Waals surface area contributed by atoms with Crippen LogP contribution in [0.3, 0.4) is 0 Å². The summed E-state index contributed by atoms with van der Waals surface area (Å²) in [6.45, 7) is 3.25. The van der Waals surface area contributed by atoms with Crippen molar-refractivity contribution in [2.24, 2.45) is 0 Å². The van der Waals surface area contributed by atoms with Gasteiger partial charge in [0.1, 0.15) is 6.61 Å². The van der Waals surface area contributed by atoms with Crippen molar-refractivity contribution in [2.75, 3.05) is 6.61 Å². The molecule has 1 N–H and O–H groups in total. The average molecular weight is 195 g/mol. The number of aromatic nitrogens is 3. The summed E-state index contributed by atoms with van der Waals surface area (Å²) in [5.41, 5.74) is 0. The molecule has 2 rings (SSSR count). The lowest BCUT2D eigenvalue weighted by atomic mass is 10.1. The van der Waals surface area contributed by atoms with Gasteiger partial charge in [0.2, 0.25) is 0 Å². The molecule has 0 aliphatic heterocycles. The van der Waals surface area contributed by atoms with E-state index in [1.165, 1.54) is 25.7 Å². The third-order valence-corrected chi connectivity index (χ3v) is 2.71. The summed E-state index contributed by atoms with van der Waals surface area (Å²) in [5.74, 6) is 2.42. The molecule has 1 saturated carbocycles. The third-order valence-electron chi connectivity index (χ3n) is 2.71. The molecule has 0 bridgehead atoms. The van der Waals surface area contributed by atoms with Crippen molar-refractivity contribution in [1.82, 2.24) is 15.2 Å². The minimum atomic E-state index is 0.552. The molecule has 0 radical (unpaired) electrons. The van der Waals surface area contributed by atoms with E-state index in [9.17, 15) is 0 Å². The van der Waals surface area contributed by atoms with E-state index in [2.05, 4.69) is 15.2 Å². The quantitative estimate of drug-likeness (QED) is 0.799. The number of nitrogens with one attached hydrogen (secondary N) is 1. The SMILES string of the molecule is CCOCc1nc(C2CCCC2)n[nH]1. The van der Waals surface area contributed by atoms with Gasteiger partial charge in [-0.1, -0.05) is 12.8 Å². The second kappa shape index (κ2) is 4.55. The van der Waals surface area contributed by atoms with Gasteiger partial charge in [-0.25, -0.2) is 4.98 Å². The van der Waals surface area contributed by atoms with Crippen LogP contribution in [0.1, 0.15) is 50.2 Å². The molecular formula is C10H17N3O. The smallest absolute Gasteiger partial charge is 0.153 e. The summed E-state index contributed by atoms with van der Waals surface area (Å²) in [7, 11) is 0. The van der Waals surface area contributed by atoms with Crippen LogP contribution in [-0.4, -0.2) is 21.8 Å². The molecule has 1 aliphatic carbocycles. The van der Waals surface area contributed by atoms with Crippen LogP contribution in [0.25, 0.3) is 0 Å². The van der Waals surface area contributed by atoms with Gasteiger partial charge in [0.15, 0.2) is 11.6 Å². The number of aromatic amines is 1. The van der Waals surface area contributed by atoms with E-state index in [-0.39, 0.29) is 0 Å². The van der Waals surface area contributed by atoms with Crippen LogP contribution in [-0.2, 0) is 11.3 Å². The maximum Gasteiger partial charge on any atom is 0.153 e. The highest BCUT2D eigenvalue weighted by atomic mass is 16.5. The summed E-state index contributed by atoms with van der Waals surface area (Å²) >= 11 is 0. The van der Waals surface area contributed by atoms with Crippen LogP contribution in [0, 0.1) is 0 Å². The van der Waals surface area contributed by atoms with Crippen LogP contribution in [0.15, 0.2) is 0 Å². The van der Waals surface area contributed by atoms with Gasteiger partial charge in [0, 0.05) is 12.5 Å². The average Bonchev–Trinajstić information content (AvgIpc) is 2.85. The zero-order valence-corrected chi connectivity index (χ0v) is 8.62. The standard InChI is InChI=1S/C10H17N3O/c1-2-14-7-9-11-10(13-12-9)8-5-3-4-6-8/h8H,2-7H2,1H3,(H,11,12,13). The molecule has 0 amide bonds. The van der Waals surface area contributed by atoms with E-state index < -0.39 is 0 Å². The number of ether oxygens (including phenoxy) is 1. The van der Waals surface area contributed by atoms with Crippen molar-refractivity contribution in [3.8, 4) is 0 Å². The molecule has 0 atom stereocenters. The molecule has 1 aliphatic rings. The first-order chi connectivity index (χ1) is 6.90.